The highest BCUT2D eigenvalue weighted by atomic mass is 35.5. The van der Waals surface area contributed by atoms with Gasteiger partial charge in [-0.1, -0.05) is 16.8 Å². The van der Waals surface area contributed by atoms with Gasteiger partial charge in [0.15, 0.2) is 23.1 Å². The Morgan fingerprint density at radius 2 is 2.06 bits per heavy atom. The lowest BCUT2D eigenvalue weighted by Crippen LogP contribution is -1.93. The quantitative estimate of drug-likeness (QED) is 0.889. The fourth-order valence-corrected chi connectivity index (χ4v) is 1.87. The highest BCUT2D eigenvalue weighted by molar-refractivity contribution is 6.34. The number of rotatable bonds is 3. The van der Waals surface area contributed by atoms with Crippen molar-refractivity contribution < 1.29 is 19.1 Å². The third kappa shape index (κ3) is 1.91. The van der Waals surface area contributed by atoms with E-state index in [2.05, 4.69) is 5.16 Å². The summed E-state index contributed by atoms with van der Waals surface area (Å²) in [6.45, 7) is 0. The van der Waals surface area contributed by atoms with Crippen LogP contribution in [0.5, 0.6) is 17.2 Å². The van der Waals surface area contributed by atoms with Crippen LogP contribution < -0.4 is 15.2 Å². The topological polar surface area (TPSA) is 90.7 Å². The van der Waals surface area contributed by atoms with Crippen molar-refractivity contribution in [3.63, 3.8) is 0 Å². The van der Waals surface area contributed by atoms with Crippen molar-refractivity contribution in [3.8, 4) is 28.6 Å². The molecule has 2 rings (SSSR count). The number of nitrogen functional groups attached to an aromatic ring is 1. The van der Waals surface area contributed by atoms with Gasteiger partial charge in [-0.05, 0) is 0 Å². The van der Waals surface area contributed by atoms with E-state index in [1.165, 1.54) is 26.4 Å². The predicted octanol–water partition coefficient (Wildman–Crippen LogP) is 2.30. The summed E-state index contributed by atoms with van der Waals surface area (Å²) in [4.78, 5) is 0. The summed E-state index contributed by atoms with van der Waals surface area (Å²) in [5, 5.41) is 13.9. The Morgan fingerprint density at radius 1 is 1.33 bits per heavy atom. The van der Waals surface area contributed by atoms with Crippen LogP contribution in [0.3, 0.4) is 0 Å². The first-order chi connectivity index (χ1) is 8.58. The summed E-state index contributed by atoms with van der Waals surface area (Å²) in [6.07, 6.45) is 0. The summed E-state index contributed by atoms with van der Waals surface area (Å²) in [5.74, 6) is 0.715. The molecular formula is C11H11ClN2O4. The molecule has 0 unspecified atom stereocenters. The minimum atomic E-state index is -0.196. The van der Waals surface area contributed by atoms with Crippen molar-refractivity contribution in [1.82, 2.24) is 5.16 Å². The third-order valence-corrected chi connectivity index (χ3v) is 2.67. The van der Waals surface area contributed by atoms with Gasteiger partial charge in [-0.2, -0.15) is 0 Å². The number of nitrogens with zero attached hydrogens (tertiary/aromatic N) is 1. The third-order valence-electron chi connectivity index (χ3n) is 2.37. The molecule has 7 heteroatoms. The number of aromatic hydroxyl groups is 1. The van der Waals surface area contributed by atoms with Crippen LogP contribution in [0.4, 0.5) is 5.82 Å². The number of phenols is 1. The number of hydrogen-bond acceptors (Lipinski definition) is 6. The minimum absolute atomic E-state index is 0.159. The van der Waals surface area contributed by atoms with Gasteiger partial charge in [-0.15, -0.1) is 0 Å². The molecule has 0 aliphatic carbocycles. The minimum Gasteiger partial charge on any atom is -0.504 e. The van der Waals surface area contributed by atoms with E-state index in [1.54, 1.807) is 0 Å². The molecule has 1 heterocycles. The van der Waals surface area contributed by atoms with Crippen LogP contribution in [0, 0.1) is 0 Å². The lowest BCUT2D eigenvalue weighted by Gasteiger charge is -2.12. The van der Waals surface area contributed by atoms with E-state index in [1.807, 2.05) is 0 Å². The maximum Gasteiger partial charge on any atom is 0.203 e. The number of nitrogens with two attached hydrogens (primary N) is 1. The molecule has 6 nitrogen and oxygen atoms in total. The van der Waals surface area contributed by atoms with E-state index in [-0.39, 0.29) is 33.7 Å². The maximum atomic E-state index is 10.1. The molecule has 0 spiro atoms. The fourth-order valence-electron chi connectivity index (χ4n) is 1.59. The van der Waals surface area contributed by atoms with Crippen LogP contribution in [-0.2, 0) is 0 Å². The molecule has 0 atom stereocenters. The number of hydrogen-bond donors (Lipinski definition) is 2. The molecule has 0 aliphatic heterocycles. The van der Waals surface area contributed by atoms with Gasteiger partial charge in [-0.25, -0.2) is 0 Å². The summed E-state index contributed by atoms with van der Waals surface area (Å²) >= 11 is 6.06. The maximum absolute atomic E-state index is 10.1. The number of ether oxygens (including phenoxy) is 2. The van der Waals surface area contributed by atoms with Gasteiger partial charge in [0.25, 0.3) is 0 Å². The Hall–Kier alpha value is -2.08. The standard InChI is InChI=1S/C11H11ClN2O4/c1-16-7-3-5(12)9(10(15)11(7)17-2)6-4-8(13)14-18-6/h3-4,15H,1-2H3,(H2,13,14). The number of methoxy groups -OCH3 is 2. The van der Waals surface area contributed by atoms with E-state index in [4.69, 9.17) is 31.3 Å². The number of anilines is 1. The molecule has 96 valence electrons. The van der Waals surface area contributed by atoms with Crippen molar-refractivity contribution in [1.29, 1.82) is 0 Å². The second-order valence-electron chi connectivity index (χ2n) is 3.43. The lowest BCUT2D eigenvalue weighted by molar-refractivity contribution is 0.333. The monoisotopic (exact) mass is 270 g/mol. The molecule has 3 N–H and O–H groups in total. The van der Waals surface area contributed by atoms with Crippen molar-refractivity contribution >= 4 is 17.4 Å². The Balaban J connectivity index is 2.68. The van der Waals surface area contributed by atoms with Crippen LogP contribution in [-0.4, -0.2) is 24.5 Å². The first-order valence-electron chi connectivity index (χ1n) is 4.94. The number of halogens is 1. The van der Waals surface area contributed by atoms with Gasteiger partial charge < -0.3 is 24.8 Å². The second kappa shape index (κ2) is 4.66. The zero-order valence-corrected chi connectivity index (χ0v) is 10.5. The van der Waals surface area contributed by atoms with E-state index < -0.39 is 0 Å². The molecule has 0 radical (unpaired) electrons. The van der Waals surface area contributed by atoms with Gasteiger partial charge in [0.1, 0.15) is 0 Å². The molecule has 1 aromatic heterocycles. The zero-order valence-electron chi connectivity index (χ0n) is 9.73. The van der Waals surface area contributed by atoms with E-state index >= 15 is 0 Å². The normalized spacial score (nSPS) is 10.4. The van der Waals surface area contributed by atoms with Crippen LogP contribution in [0.15, 0.2) is 16.7 Å². The largest absolute Gasteiger partial charge is 0.504 e. The highest BCUT2D eigenvalue weighted by Gasteiger charge is 2.22. The van der Waals surface area contributed by atoms with Gasteiger partial charge >= 0.3 is 0 Å². The average Bonchev–Trinajstić information content (AvgIpc) is 2.75. The van der Waals surface area contributed by atoms with Gasteiger partial charge in [0.2, 0.25) is 5.75 Å². The van der Waals surface area contributed by atoms with Crippen molar-refractivity contribution in [2.75, 3.05) is 20.0 Å². The molecule has 1 aromatic carbocycles. The predicted molar refractivity (Wildman–Crippen MR) is 66.1 cm³/mol. The van der Waals surface area contributed by atoms with Crippen LogP contribution in [0.2, 0.25) is 5.02 Å². The molecule has 2 aromatic rings. The molecule has 0 aliphatic rings. The van der Waals surface area contributed by atoms with E-state index in [0.29, 0.717) is 5.75 Å². The van der Waals surface area contributed by atoms with Crippen molar-refractivity contribution in [3.05, 3.63) is 17.2 Å². The number of aromatic nitrogens is 1. The second-order valence-corrected chi connectivity index (χ2v) is 3.84. The summed E-state index contributed by atoms with van der Waals surface area (Å²) in [6, 6.07) is 2.96. The van der Waals surface area contributed by atoms with Crippen LogP contribution in [0.1, 0.15) is 0 Å². The fraction of sp³-hybridized carbons (Fsp3) is 0.182. The van der Waals surface area contributed by atoms with Gasteiger partial charge in [0.05, 0.1) is 24.8 Å². The Morgan fingerprint density at radius 3 is 2.56 bits per heavy atom. The summed E-state index contributed by atoms with van der Waals surface area (Å²) < 4.78 is 15.1. The zero-order chi connectivity index (χ0) is 13.3. The summed E-state index contributed by atoms with van der Waals surface area (Å²) in [7, 11) is 2.85. The van der Waals surface area contributed by atoms with Crippen molar-refractivity contribution in [2.45, 2.75) is 0 Å². The molecular weight excluding hydrogens is 260 g/mol. The molecule has 0 fully saturated rings. The van der Waals surface area contributed by atoms with Crippen molar-refractivity contribution in [2.24, 2.45) is 0 Å². The highest BCUT2D eigenvalue weighted by Crippen LogP contribution is 2.47. The smallest absolute Gasteiger partial charge is 0.203 e. The van der Waals surface area contributed by atoms with Crippen LogP contribution in [0.25, 0.3) is 11.3 Å². The molecule has 0 amide bonds. The van der Waals surface area contributed by atoms with Gasteiger partial charge in [-0.3, -0.25) is 0 Å². The first-order valence-corrected chi connectivity index (χ1v) is 5.32. The number of phenolic OH excluding ortho intramolecular Hbond substituents is 1. The Bertz CT molecular complexity index is 583. The Kier molecular flexibility index (Phi) is 3.20. The molecule has 0 saturated carbocycles. The SMILES string of the molecule is COc1cc(Cl)c(-c2cc(N)no2)c(O)c1OC. The lowest BCUT2D eigenvalue weighted by atomic mass is 10.1. The number of benzene rings is 1. The first kappa shape index (κ1) is 12.4. The Labute approximate surface area is 108 Å². The van der Waals surface area contributed by atoms with E-state index in [0.717, 1.165) is 0 Å². The molecule has 0 bridgehead atoms. The van der Waals surface area contributed by atoms with E-state index in [9.17, 15) is 5.11 Å². The van der Waals surface area contributed by atoms with Crippen LogP contribution >= 0.6 is 11.6 Å². The molecule has 0 saturated heterocycles. The average molecular weight is 271 g/mol. The molecule has 18 heavy (non-hydrogen) atoms. The summed E-state index contributed by atoms with van der Waals surface area (Å²) in [5.41, 5.74) is 5.71. The van der Waals surface area contributed by atoms with Gasteiger partial charge in [0, 0.05) is 12.1 Å².